The fourth-order valence-corrected chi connectivity index (χ4v) is 4.20. The Labute approximate surface area is 176 Å². The maximum Gasteiger partial charge on any atom is 0.255 e. The molecule has 0 atom stereocenters. The number of amides is 1. The molecule has 2 aliphatic rings. The Balaban J connectivity index is 1.26. The monoisotopic (exact) mass is 411 g/mol. The van der Waals surface area contributed by atoms with Gasteiger partial charge in [0.1, 0.15) is 5.75 Å². The van der Waals surface area contributed by atoms with Gasteiger partial charge < -0.3 is 15.4 Å². The van der Waals surface area contributed by atoms with E-state index in [9.17, 15) is 9.59 Å². The number of rotatable bonds is 6. The molecule has 160 valence electrons. The third-order valence-electron chi connectivity index (χ3n) is 5.84. The van der Waals surface area contributed by atoms with E-state index in [0.717, 1.165) is 68.6 Å². The van der Waals surface area contributed by atoms with Crippen molar-refractivity contribution in [2.24, 2.45) is 0 Å². The molecule has 8 heteroatoms. The summed E-state index contributed by atoms with van der Waals surface area (Å²) >= 11 is 0. The smallest absolute Gasteiger partial charge is 0.255 e. The summed E-state index contributed by atoms with van der Waals surface area (Å²) in [5, 5.41) is 6.31. The van der Waals surface area contributed by atoms with Gasteiger partial charge in [-0.2, -0.15) is 0 Å². The van der Waals surface area contributed by atoms with Crippen LogP contribution < -0.4 is 20.9 Å². The van der Waals surface area contributed by atoms with Crippen molar-refractivity contribution >= 4 is 17.5 Å². The molecule has 1 aromatic heterocycles. The van der Waals surface area contributed by atoms with Crippen molar-refractivity contribution in [2.45, 2.75) is 44.6 Å². The third-order valence-corrected chi connectivity index (χ3v) is 5.84. The normalized spacial score (nSPS) is 17.2. The maximum atomic E-state index is 12.4. The van der Waals surface area contributed by atoms with Gasteiger partial charge in [0.15, 0.2) is 0 Å². The average molecular weight is 412 g/mol. The maximum absolute atomic E-state index is 12.4. The topological polar surface area (TPSA) is 99.3 Å². The minimum absolute atomic E-state index is 0.00569. The first-order valence-corrected chi connectivity index (χ1v) is 10.7. The zero-order chi connectivity index (χ0) is 20.9. The van der Waals surface area contributed by atoms with Crippen LogP contribution >= 0.6 is 0 Å². The molecule has 1 saturated heterocycles. The van der Waals surface area contributed by atoms with Gasteiger partial charge in [0.2, 0.25) is 11.9 Å². The molecule has 0 unspecified atom stereocenters. The minimum atomic E-state index is -0.0321. The number of aromatic amines is 1. The van der Waals surface area contributed by atoms with E-state index in [0.29, 0.717) is 18.2 Å². The molecular formula is C22H29N5O3. The van der Waals surface area contributed by atoms with E-state index in [1.165, 1.54) is 0 Å². The quantitative estimate of drug-likeness (QED) is 0.674. The summed E-state index contributed by atoms with van der Waals surface area (Å²) in [6.45, 7) is 1.99. The van der Waals surface area contributed by atoms with Gasteiger partial charge in [0.25, 0.3) is 5.56 Å². The zero-order valence-corrected chi connectivity index (χ0v) is 17.4. The van der Waals surface area contributed by atoms with Crippen LogP contribution in [0.5, 0.6) is 5.75 Å². The van der Waals surface area contributed by atoms with Crippen LogP contribution in [-0.4, -0.2) is 53.6 Å². The van der Waals surface area contributed by atoms with Gasteiger partial charge in [-0.05, 0) is 50.7 Å². The first kappa shape index (κ1) is 20.4. The van der Waals surface area contributed by atoms with Crippen molar-refractivity contribution in [3.8, 4) is 5.75 Å². The molecular weight excluding hydrogens is 382 g/mol. The number of benzene rings is 1. The van der Waals surface area contributed by atoms with Gasteiger partial charge in [-0.1, -0.05) is 6.07 Å². The van der Waals surface area contributed by atoms with Crippen LogP contribution in [0.4, 0.5) is 11.6 Å². The third kappa shape index (κ3) is 4.99. The molecule has 8 nitrogen and oxygen atoms in total. The lowest BCUT2D eigenvalue weighted by molar-refractivity contribution is -0.117. The molecule has 2 aromatic rings. The number of carbonyl (C=O) groups excluding carboxylic acids is 1. The Kier molecular flexibility index (Phi) is 6.32. The fraction of sp³-hybridized carbons (Fsp3) is 0.500. The highest BCUT2D eigenvalue weighted by Crippen LogP contribution is 2.19. The summed E-state index contributed by atoms with van der Waals surface area (Å²) in [4.78, 5) is 34.4. The van der Waals surface area contributed by atoms with Crippen molar-refractivity contribution in [3.05, 3.63) is 45.9 Å². The molecule has 0 bridgehead atoms. The van der Waals surface area contributed by atoms with Crippen molar-refractivity contribution in [3.63, 3.8) is 0 Å². The number of nitrogens with one attached hydrogen (secondary N) is 3. The van der Waals surface area contributed by atoms with E-state index < -0.39 is 0 Å². The molecule has 1 aliphatic carbocycles. The van der Waals surface area contributed by atoms with Crippen LogP contribution in [0.25, 0.3) is 0 Å². The summed E-state index contributed by atoms with van der Waals surface area (Å²) in [7, 11) is 1.61. The van der Waals surface area contributed by atoms with Gasteiger partial charge in [0, 0.05) is 36.4 Å². The number of anilines is 2. The summed E-state index contributed by atoms with van der Waals surface area (Å²) in [5.74, 6) is 1.26. The number of methoxy groups -OCH3 is 1. The standard InChI is InChI=1S/C22H29N5O3/c1-30-17-6-4-5-16(13-17)23-20(28)14-27-11-9-15(10-12-27)24-22-25-19-8-3-2-7-18(19)21(29)26-22/h4-6,13,15H,2-3,7-12,14H2,1H3,(H,23,28)(H2,24,25,26,29). The zero-order valence-electron chi connectivity index (χ0n) is 17.4. The molecule has 1 aromatic carbocycles. The molecule has 0 radical (unpaired) electrons. The lowest BCUT2D eigenvalue weighted by atomic mass is 9.97. The van der Waals surface area contributed by atoms with E-state index >= 15 is 0 Å². The van der Waals surface area contributed by atoms with E-state index in [1.807, 2.05) is 18.2 Å². The molecule has 1 amide bonds. The summed E-state index contributed by atoms with van der Waals surface area (Å²) in [6.07, 6.45) is 5.66. The van der Waals surface area contributed by atoms with Crippen LogP contribution in [0.3, 0.4) is 0 Å². The predicted octanol–water partition coefficient (Wildman–Crippen LogP) is 2.17. The van der Waals surface area contributed by atoms with Crippen LogP contribution in [0.2, 0.25) is 0 Å². The number of hydrogen-bond acceptors (Lipinski definition) is 6. The Hall–Kier alpha value is -2.87. The van der Waals surface area contributed by atoms with Crippen molar-refractivity contribution in [1.29, 1.82) is 0 Å². The summed E-state index contributed by atoms with van der Waals surface area (Å²) < 4.78 is 5.19. The van der Waals surface area contributed by atoms with Crippen LogP contribution in [0.15, 0.2) is 29.1 Å². The molecule has 2 heterocycles. The number of ether oxygens (including phenoxy) is 1. The van der Waals surface area contributed by atoms with E-state index in [1.54, 1.807) is 13.2 Å². The number of hydrogen-bond donors (Lipinski definition) is 3. The number of H-pyrrole nitrogens is 1. The fourth-order valence-electron chi connectivity index (χ4n) is 4.20. The highest BCUT2D eigenvalue weighted by atomic mass is 16.5. The Morgan fingerprint density at radius 3 is 2.87 bits per heavy atom. The van der Waals surface area contributed by atoms with Gasteiger partial charge >= 0.3 is 0 Å². The summed E-state index contributed by atoms with van der Waals surface area (Å²) in [5.41, 5.74) is 2.52. The molecule has 30 heavy (non-hydrogen) atoms. The molecule has 1 aliphatic heterocycles. The van der Waals surface area contributed by atoms with Crippen molar-refractivity contribution in [2.75, 3.05) is 37.4 Å². The van der Waals surface area contributed by atoms with E-state index in [4.69, 9.17) is 4.74 Å². The number of likely N-dealkylation sites (tertiary alicyclic amines) is 1. The number of fused-ring (bicyclic) bond motifs is 1. The Morgan fingerprint density at radius 2 is 2.07 bits per heavy atom. The van der Waals surface area contributed by atoms with Crippen molar-refractivity contribution in [1.82, 2.24) is 14.9 Å². The first-order chi connectivity index (χ1) is 14.6. The van der Waals surface area contributed by atoms with Crippen molar-refractivity contribution < 1.29 is 9.53 Å². The number of piperidine rings is 1. The van der Waals surface area contributed by atoms with Crippen LogP contribution in [0, 0.1) is 0 Å². The second-order valence-electron chi connectivity index (χ2n) is 8.02. The predicted molar refractivity (Wildman–Crippen MR) is 116 cm³/mol. The molecule has 4 rings (SSSR count). The Bertz CT molecular complexity index is 950. The van der Waals surface area contributed by atoms with Crippen LogP contribution in [-0.2, 0) is 17.6 Å². The summed E-state index contributed by atoms with van der Waals surface area (Å²) in [6, 6.07) is 7.60. The number of carbonyl (C=O) groups is 1. The molecule has 0 saturated carbocycles. The molecule has 0 spiro atoms. The van der Waals surface area contributed by atoms with E-state index in [2.05, 4.69) is 25.5 Å². The first-order valence-electron chi connectivity index (χ1n) is 10.7. The lowest BCUT2D eigenvalue weighted by Crippen LogP contribution is -2.43. The molecule has 3 N–H and O–H groups in total. The SMILES string of the molecule is COc1cccc(NC(=O)CN2CCC(Nc3nc4c(c(=O)[nH]3)CCCC4)CC2)c1. The average Bonchev–Trinajstić information content (AvgIpc) is 2.75. The van der Waals surface area contributed by atoms with Gasteiger partial charge in [-0.25, -0.2) is 4.98 Å². The molecule has 1 fully saturated rings. The highest BCUT2D eigenvalue weighted by Gasteiger charge is 2.22. The van der Waals surface area contributed by atoms with Crippen LogP contribution in [0.1, 0.15) is 36.9 Å². The Morgan fingerprint density at radius 1 is 1.27 bits per heavy atom. The number of aromatic nitrogens is 2. The van der Waals surface area contributed by atoms with E-state index in [-0.39, 0.29) is 17.5 Å². The largest absolute Gasteiger partial charge is 0.497 e. The second-order valence-corrected chi connectivity index (χ2v) is 8.02. The second kappa shape index (κ2) is 9.30. The number of aryl methyl sites for hydroxylation is 1. The highest BCUT2D eigenvalue weighted by molar-refractivity contribution is 5.92. The number of nitrogens with zero attached hydrogens (tertiary/aromatic N) is 2. The van der Waals surface area contributed by atoms with Gasteiger partial charge in [0.05, 0.1) is 19.3 Å². The lowest BCUT2D eigenvalue weighted by Gasteiger charge is -2.32. The van der Waals surface area contributed by atoms with Gasteiger partial charge in [-0.3, -0.25) is 19.5 Å². The van der Waals surface area contributed by atoms with Gasteiger partial charge in [-0.15, -0.1) is 0 Å². The minimum Gasteiger partial charge on any atom is -0.497 e.